The van der Waals surface area contributed by atoms with Gasteiger partial charge in [0.2, 0.25) is 5.91 Å². The number of carbonyl (C=O) groups is 2. The first-order valence-electron chi connectivity index (χ1n) is 11.6. The molecule has 0 bridgehead atoms. The van der Waals surface area contributed by atoms with E-state index in [0.717, 1.165) is 22.2 Å². The quantitative estimate of drug-likeness (QED) is 0.409. The number of nitrogens with one attached hydrogen (secondary N) is 2. The zero-order valence-corrected chi connectivity index (χ0v) is 19.7. The van der Waals surface area contributed by atoms with Crippen LogP contribution in [0.2, 0.25) is 5.02 Å². The molecule has 35 heavy (non-hydrogen) atoms. The summed E-state index contributed by atoms with van der Waals surface area (Å²) in [7, 11) is 0. The van der Waals surface area contributed by atoms with Crippen molar-refractivity contribution in [2.45, 2.75) is 25.0 Å². The fourth-order valence-corrected chi connectivity index (χ4v) is 4.58. The van der Waals surface area contributed by atoms with E-state index in [2.05, 4.69) is 15.3 Å². The number of H-pyrrole nitrogens is 1. The average Bonchev–Trinajstić information content (AvgIpc) is 3.28. The van der Waals surface area contributed by atoms with E-state index in [4.69, 9.17) is 16.3 Å². The standard InChI is InChI=1S/C27H25ClN4O3/c28-23-17-30-24-15-19(8-9-22(23)24)26(33)31-25(18-5-2-1-3-6-18)27(34)32-13-10-20(11-14-32)35-21-7-4-12-29-16-21/h1-9,12,15-17,20,25,30H,10-11,13-14H2,(H,31,33)/t25-/m1/s1. The number of hydrogen-bond acceptors (Lipinski definition) is 4. The summed E-state index contributed by atoms with van der Waals surface area (Å²) in [6, 6.07) is 17.5. The molecule has 7 nitrogen and oxygen atoms in total. The summed E-state index contributed by atoms with van der Waals surface area (Å²) in [6.07, 6.45) is 6.52. The highest BCUT2D eigenvalue weighted by Gasteiger charge is 2.31. The highest BCUT2D eigenvalue weighted by Crippen LogP contribution is 2.25. The van der Waals surface area contributed by atoms with E-state index < -0.39 is 6.04 Å². The van der Waals surface area contributed by atoms with Crippen LogP contribution in [0.25, 0.3) is 10.9 Å². The molecule has 0 saturated carbocycles. The van der Waals surface area contributed by atoms with Crippen LogP contribution in [0.5, 0.6) is 5.75 Å². The smallest absolute Gasteiger partial charge is 0.252 e. The Hall–Kier alpha value is -3.84. The first-order valence-corrected chi connectivity index (χ1v) is 11.9. The Morgan fingerprint density at radius 3 is 2.63 bits per heavy atom. The van der Waals surface area contributed by atoms with Gasteiger partial charge in [-0.05, 0) is 29.8 Å². The molecule has 5 rings (SSSR count). The Morgan fingerprint density at radius 2 is 1.89 bits per heavy atom. The molecule has 0 aliphatic carbocycles. The molecule has 2 aromatic heterocycles. The number of aromatic nitrogens is 2. The van der Waals surface area contributed by atoms with E-state index in [1.165, 1.54) is 0 Å². The van der Waals surface area contributed by atoms with Crippen molar-refractivity contribution in [2.75, 3.05) is 13.1 Å². The molecule has 0 radical (unpaired) electrons. The number of likely N-dealkylation sites (tertiary alicyclic amines) is 1. The molecule has 0 spiro atoms. The van der Waals surface area contributed by atoms with Gasteiger partial charge in [-0.15, -0.1) is 0 Å². The maximum Gasteiger partial charge on any atom is 0.252 e. The van der Waals surface area contributed by atoms with Crippen molar-refractivity contribution in [2.24, 2.45) is 0 Å². The van der Waals surface area contributed by atoms with E-state index in [0.29, 0.717) is 36.5 Å². The summed E-state index contributed by atoms with van der Waals surface area (Å²) in [5, 5.41) is 4.39. The molecule has 2 amide bonds. The minimum absolute atomic E-state index is 0.0207. The van der Waals surface area contributed by atoms with E-state index in [-0.39, 0.29) is 17.9 Å². The van der Waals surface area contributed by atoms with Crippen LogP contribution >= 0.6 is 11.6 Å². The molecule has 1 aliphatic rings. The Labute approximate surface area is 208 Å². The summed E-state index contributed by atoms with van der Waals surface area (Å²) in [5.74, 6) is 0.273. The molecule has 4 aromatic rings. The lowest BCUT2D eigenvalue weighted by Gasteiger charge is -2.34. The van der Waals surface area contributed by atoms with Crippen LogP contribution in [0.4, 0.5) is 0 Å². The monoisotopic (exact) mass is 488 g/mol. The van der Waals surface area contributed by atoms with Gasteiger partial charge in [-0.3, -0.25) is 14.6 Å². The highest BCUT2D eigenvalue weighted by atomic mass is 35.5. The van der Waals surface area contributed by atoms with Gasteiger partial charge in [0, 0.05) is 54.8 Å². The number of amides is 2. The molecule has 8 heteroatoms. The summed E-state index contributed by atoms with van der Waals surface area (Å²) in [6.45, 7) is 1.10. The molecule has 1 saturated heterocycles. The number of ether oxygens (including phenoxy) is 1. The third-order valence-electron chi connectivity index (χ3n) is 6.24. The van der Waals surface area contributed by atoms with Gasteiger partial charge in [0.1, 0.15) is 17.9 Å². The van der Waals surface area contributed by atoms with Gasteiger partial charge < -0.3 is 19.9 Å². The van der Waals surface area contributed by atoms with E-state index in [9.17, 15) is 9.59 Å². The molecule has 0 unspecified atom stereocenters. The van der Waals surface area contributed by atoms with Crippen LogP contribution in [0.3, 0.4) is 0 Å². The molecule has 2 aromatic carbocycles. The molecular weight excluding hydrogens is 464 g/mol. The Balaban J connectivity index is 1.29. The fraction of sp³-hybridized carbons (Fsp3) is 0.222. The number of halogens is 1. The number of nitrogens with zero attached hydrogens (tertiary/aromatic N) is 2. The highest BCUT2D eigenvalue weighted by molar-refractivity contribution is 6.35. The van der Waals surface area contributed by atoms with Crippen molar-refractivity contribution in [1.29, 1.82) is 0 Å². The second kappa shape index (κ2) is 10.2. The second-order valence-electron chi connectivity index (χ2n) is 8.55. The number of hydrogen-bond donors (Lipinski definition) is 2. The molecule has 178 valence electrons. The summed E-state index contributed by atoms with van der Waals surface area (Å²) >= 11 is 6.16. The van der Waals surface area contributed by atoms with Gasteiger partial charge in [0.25, 0.3) is 5.91 Å². The largest absolute Gasteiger partial charge is 0.489 e. The van der Waals surface area contributed by atoms with Crippen LogP contribution in [0.15, 0.2) is 79.3 Å². The van der Waals surface area contributed by atoms with Gasteiger partial charge in [0.05, 0.1) is 11.2 Å². The first kappa shape index (κ1) is 22.9. The molecule has 3 heterocycles. The Morgan fingerprint density at radius 1 is 1.09 bits per heavy atom. The van der Waals surface area contributed by atoms with Gasteiger partial charge in [-0.2, -0.15) is 0 Å². The molecule has 2 N–H and O–H groups in total. The van der Waals surface area contributed by atoms with Crippen molar-refractivity contribution >= 4 is 34.3 Å². The van der Waals surface area contributed by atoms with Gasteiger partial charge in [0.15, 0.2) is 0 Å². The number of benzene rings is 2. The zero-order chi connectivity index (χ0) is 24.2. The maximum absolute atomic E-state index is 13.6. The lowest BCUT2D eigenvalue weighted by molar-refractivity contribution is -0.135. The lowest BCUT2D eigenvalue weighted by atomic mass is 10.0. The first-order chi connectivity index (χ1) is 17.1. The third kappa shape index (κ3) is 5.15. The maximum atomic E-state index is 13.6. The van der Waals surface area contributed by atoms with Crippen LogP contribution in [-0.2, 0) is 4.79 Å². The normalized spacial score (nSPS) is 15.1. The van der Waals surface area contributed by atoms with Crippen molar-refractivity contribution in [1.82, 2.24) is 20.2 Å². The Kier molecular flexibility index (Phi) is 6.68. The van der Waals surface area contributed by atoms with E-state index in [1.54, 1.807) is 41.7 Å². The van der Waals surface area contributed by atoms with Gasteiger partial charge in [-0.25, -0.2) is 0 Å². The van der Waals surface area contributed by atoms with Gasteiger partial charge in [-0.1, -0.05) is 48.0 Å². The Bertz CT molecular complexity index is 1320. The van der Waals surface area contributed by atoms with Crippen molar-refractivity contribution in [3.8, 4) is 5.75 Å². The number of pyridine rings is 1. The van der Waals surface area contributed by atoms with Crippen molar-refractivity contribution < 1.29 is 14.3 Å². The van der Waals surface area contributed by atoms with E-state index >= 15 is 0 Å². The summed E-state index contributed by atoms with van der Waals surface area (Å²) < 4.78 is 6.01. The number of piperidine rings is 1. The summed E-state index contributed by atoms with van der Waals surface area (Å²) in [5.41, 5.74) is 1.96. The van der Waals surface area contributed by atoms with Crippen LogP contribution in [0.1, 0.15) is 34.8 Å². The number of fused-ring (bicyclic) bond motifs is 1. The van der Waals surface area contributed by atoms with Crippen molar-refractivity contribution in [3.63, 3.8) is 0 Å². The SMILES string of the molecule is O=C(N[C@@H](C(=O)N1CCC(Oc2cccnc2)CC1)c1ccccc1)c1ccc2c(Cl)c[nH]c2c1. The minimum atomic E-state index is -0.789. The van der Waals surface area contributed by atoms with Crippen LogP contribution in [0, 0.1) is 0 Å². The van der Waals surface area contributed by atoms with E-state index in [1.807, 2.05) is 42.5 Å². The second-order valence-corrected chi connectivity index (χ2v) is 8.95. The summed E-state index contributed by atoms with van der Waals surface area (Å²) in [4.78, 5) is 35.7. The lowest BCUT2D eigenvalue weighted by Crippen LogP contribution is -2.47. The molecular formula is C27H25ClN4O3. The molecule has 1 fully saturated rings. The number of carbonyl (C=O) groups excluding carboxylic acids is 2. The fourth-order valence-electron chi connectivity index (χ4n) is 4.37. The van der Waals surface area contributed by atoms with Crippen molar-refractivity contribution in [3.05, 3.63) is 95.4 Å². The van der Waals surface area contributed by atoms with Gasteiger partial charge >= 0.3 is 0 Å². The number of aromatic amines is 1. The van der Waals surface area contributed by atoms with Crippen LogP contribution in [-0.4, -0.2) is 45.9 Å². The topological polar surface area (TPSA) is 87.3 Å². The average molecular weight is 489 g/mol. The minimum Gasteiger partial charge on any atom is -0.489 e. The molecule has 1 aliphatic heterocycles. The zero-order valence-electron chi connectivity index (χ0n) is 19.0. The molecule has 1 atom stereocenters. The predicted octanol–water partition coefficient (Wildman–Crippen LogP) is 4.76. The number of rotatable bonds is 6. The predicted molar refractivity (Wildman–Crippen MR) is 134 cm³/mol. The third-order valence-corrected chi connectivity index (χ3v) is 6.55. The van der Waals surface area contributed by atoms with Crippen LogP contribution < -0.4 is 10.1 Å².